The molecule has 2 aliphatic rings. The number of anilines is 1. The SMILES string of the molecule is COc1ccc(S(=O)(=O)N(C)c2ccc(C(=O)N[C@H]3C[C@H]4CC[C@H]3C4)cc2C)cc1. The van der Waals surface area contributed by atoms with Gasteiger partial charge in [-0.2, -0.15) is 0 Å². The molecule has 0 unspecified atom stereocenters. The third-order valence-corrected chi connectivity index (χ3v) is 8.36. The first-order valence-electron chi connectivity index (χ1n) is 10.3. The molecule has 2 aromatic rings. The van der Waals surface area contributed by atoms with E-state index in [1.165, 1.54) is 49.9 Å². The lowest BCUT2D eigenvalue weighted by Crippen LogP contribution is -2.38. The van der Waals surface area contributed by atoms with Gasteiger partial charge >= 0.3 is 0 Å². The zero-order valence-corrected chi connectivity index (χ0v) is 18.4. The Morgan fingerprint density at radius 1 is 1.10 bits per heavy atom. The third-order valence-electron chi connectivity index (χ3n) is 6.57. The monoisotopic (exact) mass is 428 g/mol. The number of sulfonamides is 1. The predicted octanol–water partition coefficient (Wildman–Crippen LogP) is 3.75. The maximum absolute atomic E-state index is 13.0. The van der Waals surface area contributed by atoms with E-state index in [4.69, 9.17) is 4.74 Å². The molecule has 2 aromatic carbocycles. The Morgan fingerprint density at radius 3 is 2.40 bits per heavy atom. The molecule has 2 aliphatic carbocycles. The molecule has 2 saturated carbocycles. The van der Waals surface area contributed by atoms with E-state index in [0.29, 0.717) is 22.9 Å². The number of benzene rings is 2. The van der Waals surface area contributed by atoms with Crippen LogP contribution in [0.25, 0.3) is 0 Å². The number of nitrogens with zero attached hydrogens (tertiary/aromatic N) is 1. The summed E-state index contributed by atoms with van der Waals surface area (Å²) in [6.45, 7) is 1.82. The van der Waals surface area contributed by atoms with Gasteiger partial charge in [0.05, 0.1) is 17.7 Å². The van der Waals surface area contributed by atoms with Crippen molar-refractivity contribution in [2.24, 2.45) is 11.8 Å². The molecule has 4 rings (SSSR count). The zero-order valence-electron chi connectivity index (χ0n) is 17.6. The summed E-state index contributed by atoms with van der Waals surface area (Å²) in [4.78, 5) is 12.9. The summed E-state index contributed by atoms with van der Waals surface area (Å²) < 4.78 is 32.4. The van der Waals surface area contributed by atoms with E-state index in [0.717, 1.165) is 17.9 Å². The predicted molar refractivity (Wildman–Crippen MR) is 116 cm³/mol. The number of amides is 1. The average molecular weight is 429 g/mol. The number of hydrogen-bond donors (Lipinski definition) is 1. The van der Waals surface area contributed by atoms with Crippen molar-refractivity contribution in [3.8, 4) is 5.75 Å². The zero-order chi connectivity index (χ0) is 21.5. The van der Waals surface area contributed by atoms with Crippen molar-refractivity contribution in [1.82, 2.24) is 5.32 Å². The van der Waals surface area contributed by atoms with Gasteiger partial charge in [0.25, 0.3) is 15.9 Å². The summed E-state index contributed by atoms with van der Waals surface area (Å²) in [5.41, 5.74) is 1.84. The van der Waals surface area contributed by atoms with Gasteiger partial charge < -0.3 is 10.1 Å². The first-order chi connectivity index (χ1) is 14.3. The molecule has 0 saturated heterocycles. The van der Waals surface area contributed by atoms with E-state index < -0.39 is 10.0 Å². The summed E-state index contributed by atoms with van der Waals surface area (Å²) in [5, 5.41) is 3.19. The van der Waals surface area contributed by atoms with E-state index >= 15 is 0 Å². The number of carbonyl (C=O) groups is 1. The van der Waals surface area contributed by atoms with Gasteiger partial charge in [0, 0.05) is 18.7 Å². The fraction of sp³-hybridized carbons (Fsp3) is 0.435. The Morgan fingerprint density at radius 2 is 1.83 bits per heavy atom. The van der Waals surface area contributed by atoms with Crippen molar-refractivity contribution in [2.75, 3.05) is 18.5 Å². The minimum absolute atomic E-state index is 0.0807. The number of ether oxygens (including phenoxy) is 1. The van der Waals surface area contributed by atoms with E-state index in [9.17, 15) is 13.2 Å². The van der Waals surface area contributed by atoms with Gasteiger partial charge in [-0.1, -0.05) is 6.42 Å². The fourth-order valence-corrected chi connectivity index (χ4v) is 6.12. The number of nitrogens with one attached hydrogen (secondary N) is 1. The van der Waals surface area contributed by atoms with Crippen molar-refractivity contribution < 1.29 is 17.9 Å². The molecule has 2 bridgehead atoms. The van der Waals surface area contributed by atoms with Crippen LogP contribution in [0.2, 0.25) is 0 Å². The summed E-state index contributed by atoms with van der Waals surface area (Å²) in [5.74, 6) is 1.89. The topological polar surface area (TPSA) is 75.7 Å². The molecule has 0 radical (unpaired) electrons. The van der Waals surface area contributed by atoms with Crippen molar-refractivity contribution >= 4 is 21.6 Å². The minimum Gasteiger partial charge on any atom is -0.497 e. The van der Waals surface area contributed by atoms with Crippen LogP contribution >= 0.6 is 0 Å². The van der Waals surface area contributed by atoms with Gasteiger partial charge in [-0.05, 0) is 86.1 Å². The van der Waals surface area contributed by atoms with Crippen LogP contribution in [0.3, 0.4) is 0 Å². The van der Waals surface area contributed by atoms with Crippen LogP contribution in [0.15, 0.2) is 47.4 Å². The molecule has 160 valence electrons. The molecule has 6 nitrogen and oxygen atoms in total. The molecule has 0 spiro atoms. The molecule has 7 heteroatoms. The highest BCUT2D eigenvalue weighted by molar-refractivity contribution is 7.92. The summed E-state index contributed by atoms with van der Waals surface area (Å²) in [6, 6.07) is 11.7. The number of fused-ring (bicyclic) bond motifs is 2. The smallest absolute Gasteiger partial charge is 0.264 e. The van der Waals surface area contributed by atoms with E-state index in [1.807, 2.05) is 6.92 Å². The highest BCUT2D eigenvalue weighted by Gasteiger charge is 2.40. The number of rotatable bonds is 6. The second-order valence-corrected chi connectivity index (χ2v) is 10.4. The lowest BCUT2D eigenvalue weighted by atomic mass is 9.95. The molecule has 1 N–H and O–H groups in total. The van der Waals surface area contributed by atoms with Crippen LogP contribution in [-0.4, -0.2) is 34.5 Å². The maximum atomic E-state index is 13.0. The quantitative estimate of drug-likeness (QED) is 0.760. The first-order valence-corrected chi connectivity index (χ1v) is 11.8. The number of carbonyl (C=O) groups excluding carboxylic acids is 1. The number of aryl methyl sites for hydroxylation is 1. The van der Waals surface area contributed by atoms with Gasteiger partial charge in [-0.25, -0.2) is 8.42 Å². The first kappa shape index (κ1) is 20.7. The standard InChI is InChI=1S/C23H28N2O4S/c1-15-12-18(23(26)24-21-14-16-4-5-17(21)13-16)6-11-22(15)25(2)30(27,28)20-9-7-19(29-3)8-10-20/h6-12,16-17,21H,4-5,13-14H2,1-3H3,(H,24,26)/t16-,17-,21-/m0/s1. The van der Waals surface area contributed by atoms with Crippen LogP contribution in [0.5, 0.6) is 5.75 Å². The van der Waals surface area contributed by atoms with Gasteiger partial charge in [0.15, 0.2) is 0 Å². The largest absolute Gasteiger partial charge is 0.497 e. The summed E-state index contributed by atoms with van der Waals surface area (Å²) in [7, 11) is -0.659. The highest BCUT2D eigenvalue weighted by atomic mass is 32.2. The molecule has 0 heterocycles. The summed E-state index contributed by atoms with van der Waals surface area (Å²) >= 11 is 0. The van der Waals surface area contributed by atoms with Crippen molar-refractivity contribution in [1.29, 1.82) is 0 Å². The molecule has 1 amide bonds. The van der Waals surface area contributed by atoms with Gasteiger partial charge in [-0.3, -0.25) is 9.10 Å². The molecule has 0 aromatic heterocycles. The van der Waals surface area contributed by atoms with Gasteiger partial charge in [0.2, 0.25) is 0 Å². The van der Waals surface area contributed by atoms with Crippen LogP contribution in [0.4, 0.5) is 5.69 Å². The summed E-state index contributed by atoms with van der Waals surface area (Å²) in [6.07, 6.45) is 4.81. The average Bonchev–Trinajstić information content (AvgIpc) is 3.36. The Hall–Kier alpha value is -2.54. The highest BCUT2D eigenvalue weighted by Crippen LogP contribution is 2.44. The molecular formula is C23H28N2O4S. The second kappa shape index (κ2) is 7.95. The lowest BCUT2D eigenvalue weighted by Gasteiger charge is -2.24. The maximum Gasteiger partial charge on any atom is 0.264 e. The normalized spacial score (nSPS) is 22.7. The van der Waals surface area contributed by atoms with Crippen LogP contribution in [0, 0.1) is 18.8 Å². The Balaban J connectivity index is 1.51. The molecule has 30 heavy (non-hydrogen) atoms. The van der Waals surface area contributed by atoms with Crippen molar-refractivity contribution in [2.45, 2.75) is 43.5 Å². The van der Waals surface area contributed by atoms with Crippen LogP contribution < -0.4 is 14.4 Å². The van der Waals surface area contributed by atoms with Crippen molar-refractivity contribution in [3.05, 3.63) is 53.6 Å². The number of methoxy groups -OCH3 is 1. The van der Waals surface area contributed by atoms with Gasteiger partial charge in [0.1, 0.15) is 5.75 Å². The van der Waals surface area contributed by atoms with Crippen LogP contribution in [-0.2, 0) is 10.0 Å². The minimum atomic E-state index is -3.72. The fourth-order valence-electron chi connectivity index (χ4n) is 4.86. The van der Waals surface area contributed by atoms with Crippen LogP contribution in [0.1, 0.15) is 41.6 Å². The molecular weight excluding hydrogens is 400 g/mol. The van der Waals surface area contributed by atoms with E-state index in [2.05, 4.69) is 5.32 Å². The third kappa shape index (κ3) is 3.78. The molecule has 3 atom stereocenters. The molecule has 0 aliphatic heterocycles. The number of hydrogen-bond acceptors (Lipinski definition) is 4. The van der Waals surface area contributed by atoms with Crippen molar-refractivity contribution in [3.63, 3.8) is 0 Å². The second-order valence-electron chi connectivity index (χ2n) is 8.40. The van der Waals surface area contributed by atoms with Gasteiger partial charge in [-0.15, -0.1) is 0 Å². The Bertz CT molecular complexity index is 1050. The van der Waals surface area contributed by atoms with E-state index in [-0.39, 0.29) is 16.8 Å². The lowest BCUT2D eigenvalue weighted by molar-refractivity contribution is 0.0923. The molecule has 2 fully saturated rings. The van der Waals surface area contributed by atoms with E-state index in [1.54, 1.807) is 30.3 Å². The Labute approximate surface area is 178 Å². The Kier molecular flexibility index (Phi) is 5.49.